The van der Waals surface area contributed by atoms with Gasteiger partial charge in [-0.15, -0.1) is 0 Å². The smallest absolute Gasteiger partial charge is 0.344 e. The van der Waals surface area contributed by atoms with Gasteiger partial charge < -0.3 is 14.6 Å². The molecule has 3 rings (SSSR count). The van der Waals surface area contributed by atoms with E-state index in [-0.39, 0.29) is 22.2 Å². The molecular weight excluding hydrogens is 420 g/mol. The molecule has 2 amide bonds. The summed E-state index contributed by atoms with van der Waals surface area (Å²) in [7, 11) is 1.40. The Balaban J connectivity index is 2.09. The second-order valence-corrected chi connectivity index (χ2v) is 7.11. The molecule has 1 fully saturated rings. The topological polar surface area (TPSA) is 105 Å². The number of hydrogen-bond donors (Lipinski definition) is 2. The molecule has 2 N–H and O–H groups in total. The van der Waals surface area contributed by atoms with Crippen molar-refractivity contribution in [3.05, 3.63) is 59.2 Å². The Bertz CT molecular complexity index is 1110. The van der Waals surface area contributed by atoms with E-state index in [1.807, 2.05) is 19.1 Å². The first kappa shape index (κ1) is 22.0. The monoisotopic (exact) mass is 440 g/mol. The average Bonchev–Trinajstić information content (AvgIpc) is 2.73. The lowest BCUT2D eigenvalue weighted by atomic mass is 10.0. The van der Waals surface area contributed by atoms with Crippen LogP contribution in [-0.2, 0) is 14.4 Å². The van der Waals surface area contributed by atoms with E-state index in [4.69, 9.17) is 21.7 Å². The van der Waals surface area contributed by atoms with Crippen LogP contribution in [0.4, 0.5) is 5.69 Å². The number of carboxylic acids is 1. The van der Waals surface area contributed by atoms with Crippen LogP contribution in [0.15, 0.2) is 48.0 Å². The number of aliphatic carboxylic acids is 1. The minimum absolute atomic E-state index is 0.0249. The number of hydrogen-bond acceptors (Lipinski definition) is 6. The second-order valence-electron chi connectivity index (χ2n) is 6.72. The second kappa shape index (κ2) is 8.97. The van der Waals surface area contributed by atoms with Gasteiger partial charge >= 0.3 is 5.97 Å². The minimum Gasteiger partial charge on any atom is -0.493 e. The Kier molecular flexibility index (Phi) is 6.36. The largest absolute Gasteiger partial charge is 0.493 e. The standard InChI is InChI=1S/C22H20N2O6S/c1-12-7-4-5-9-16(12)24-20(26)15(19(25)23-22(24)31)11-14-8-6-10-17(29-3)18(14)30-13(2)21(27)28/h4-11,13H,1-3H3,(H,27,28)(H,23,25,31)/b15-11+/t13-/m0/s1. The molecule has 2 aromatic carbocycles. The van der Waals surface area contributed by atoms with Crippen LogP contribution in [-0.4, -0.2) is 41.2 Å². The molecule has 8 nitrogen and oxygen atoms in total. The lowest BCUT2D eigenvalue weighted by Gasteiger charge is -2.30. The van der Waals surface area contributed by atoms with Gasteiger partial charge in [0.1, 0.15) is 5.57 Å². The molecule has 0 aromatic heterocycles. The molecule has 1 atom stereocenters. The maximum Gasteiger partial charge on any atom is 0.344 e. The molecular formula is C22H20N2O6S. The molecule has 0 saturated carbocycles. The summed E-state index contributed by atoms with van der Waals surface area (Å²) >= 11 is 5.23. The Hall–Kier alpha value is -3.72. The van der Waals surface area contributed by atoms with Crippen LogP contribution in [0.25, 0.3) is 6.08 Å². The molecule has 1 saturated heterocycles. The van der Waals surface area contributed by atoms with Crippen molar-refractivity contribution in [2.75, 3.05) is 12.0 Å². The van der Waals surface area contributed by atoms with Crippen LogP contribution in [0.2, 0.25) is 0 Å². The number of anilines is 1. The molecule has 0 unspecified atom stereocenters. The Morgan fingerprint density at radius 1 is 1.19 bits per heavy atom. The number of thiocarbonyl (C=S) groups is 1. The fourth-order valence-corrected chi connectivity index (χ4v) is 3.28. The first-order valence-electron chi connectivity index (χ1n) is 9.28. The molecule has 1 heterocycles. The molecule has 1 aliphatic rings. The summed E-state index contributed by atoms with van der Waals surface area (Å²) in [5, 5.41) is 11.7. The van der Waals surface area contributed by atoms with E-state index in [1.165, 1.54) is 25.0 Å². The zero-order valence-corrected chi connectivity index (χ0v) is 17.9. The summed E-state index contributed by atoms with van der Waals surface area (Å²) in [4.78, 5) is 38.3. The summed E-state index contributed by atoms with van der Waals surface area (Å²) < 4.78 is 10.8. The molecule has 9 heteroatoms. The Morgan fingerprint density at radius 3 is 2.55 bits per heavy atom. The number of nitrogens with one attached hydrogen (secondary N) is 1. The number of methoxy groups -OCH3 is 1. The van der Waals surface area contributed by atoms with Crippen molar-refractivity contribution in [2.45, 2.75) is 20.0 Å². The van der Waals surface area contributed by atoms with Crippen LogP contribution >= 0.6 is 12.2 Å². The van der Waals surface area contributed by atoms with Gasteiger partial charge in [0, 0.05) is 5.56 Å². The molecule has 0 aliphatic carbocycles. The number of amides is 2. The van der Waals surface area contributed by atoms with Gasteiger partial charge in [0.2, 0.25) is 0 Å². The predicted octanol–water partition coefficient (Wildman–Crippen LogP) is 2.69. The zero-order valence-electron chi connectivity index (χ0n) is 17.0. The predicted molar refractivity (Wildman–Crippen MR) is 118 cm³/mol. The van der Waals surface area contributed by atoms with Crippen molar-refractivity contribution >= 4 is 46.9 Å². The van der Waals surface area contributed by atoms with E-state index in [2.05, 4.69) is 5.32 Å². The van der Waals surface area contributed by atoms with Gasteiger partial charge in [-0.05, 0) is 49.8 Å². The van der Waals surface area contributed by atoms with E-state index >= 15 is 0 Å². The quantitative estimate of drug-likeness (QED) is 0.404. The number of carbonyl (C=O) groups is 3. The van der Waals surface area contributed by atoms with Gasteiger partial charge in [-0.25, -0.2) is 4.79 Å². The minimum atomic E-state index is -1.18. The first-order valence-corrected chi connectivity index (χ1v) is 9.69. The molecule has 0 radical (unpaired) electrons. The number of para-hydroxylation sites is 2. The molecule has 31 heavy (non-hydrogen) atoms. The van der Waals surface area contributed by atoms with Crippen molar-refractivity contribution in [3.63, 3.8) is 0 Å². The number of carboxylic acid groups (broad SMARTS) is 1. The van der Waals surface area contributed by atoms with Crippen LogP contribution in [0, 0.1) is 6.92 Å². The van der Waals surface area contributed by atoms with Crippen molar-refractivity contribution in [3.8, 4) is 11.5 Å². The highest BCUT2D eigenvalue weighted by Crippen LogP contribution is 2.34. The third-order valence-corrected chi connectivity index (χ3v) is 4.91. The number of nitrogens with zero attached hydrogens (tertiary/aromatic N) is 1. The van der Waals surface area contributed by atoms with Crippen molar-refractivity contribution < 1.29 is 29.0 Å². The summed E-state index contributed by atoms with van der Waals surface area (Å²) in [5.41, 5.74) is 1.47. The highest BCUT2D eigenvalue weighted by atomic mass is 32.1. The number of ether oxygens (including phenoxy) is 2. The summed E-state index contributed by atoms with van der Waals surface area (Å²) in [6.45, 7) is 3.19. The maximum atomic E-state index is 13.2. The maximum absolute atomic E-state index is 13.2. The Morgan fingerprint density at radius 2 is 1.90 bits per heavy atom. The van der Waals surface area contributed by atoms with Gasteiger partial charge in [-0.3, -0.25) is 19.8 Å². The van der Waals surface area contributed by atoms with Crippen LogP contribution in [0.3, 0.4) is 0 Å². The van der Waals surface area contributed by atoms with E-state index in [9.17, 15) is 19.5 Å². The van der Waals surface area contributed by atoms with Gasteiger partial charge in [-0.2, -0.15) is 0 Å². The normalized spacial score (nSPS) is 16.2. The highest BCUT2D eigenvalue weighted by molar-refractivity contribution is 7.80. The van der Waals surface area contributed by atoms with Gasteiger partial charge in [0.05, 0.1) is 12.8 Å². The zero-order chi connectivity index (χ0) is 22.7. The lowest BCUT2D eigenvalue weighted by molar-refractivity contribution is -0.144. The average molecular weight is 440 g/mol. The molecule has 1 aliphatic heterocycles. The number of rotatable bonds is 6. The van der Waals surface area contributed by atoms with Crippen molar-refractivity contribution in [1.29, 1.82) is 0 Å². The molecule has 160 valence electrons. The van der Waals surface area contributed by atoms with Gasteiger partial charge in [0.15, 0.2) is 22.7 Å². The van der Waals surface area contributed by atoms with E-state index in [1.54, 1.807) is 30.3 Å². The fourth-order valence-electron chi connectivity index (χ4n) is 3.01. The fraction of sp³-hybridized carbons (Fsp3) is 0.182. The molecule has 0 bridgehead atoms. The highest BCUT2D eigenvalue weighted by Gasteiger charge is 2.35. The third kappa shape index (κ3) is 4.41. The number of benzene rings is 2. The first-order chi connectivity index (χ1) is 14.7. The summed E-state index contributed by atoms with van der Waals surface area (Å²) in [5.74, 6) is -2.09. The lowest BCUT2D eigenvalue weighted by Crippen LogP contribution is -2.54. The van der Waals surface area contributed by atoms with Crippen LogP contribution < -0.4 is 19.7 Å². The number of aryl methyl sites for hydroxylation is 1. The Labute approximate surface area is 184 Å². The summed E-state index contributed by atoms with van der Waals surface area (Å²) in [6, 6.07) is 12.0. The van der Waals surface area contributed by atoms with E-state index < -0.39 is 23.9 Å². The summed E-state index contributed by atoms with van der Waals surface area (Å²) in [6.07, 6.45) is 0.150. The van der Waals surface area contributed by atoms with Gasteiger partial charge in [0.25, 0.3) is 11.8 Å². The van der Waals surface area contributed by atoms with Crippen molar-refractivity contribution in [1.82, 2.24) is 5.32 Å². The van der Waals surface area contributed by atoms with Gasteiger partial charge in [-0.1, -0.05) is 30.3 Å². The van der Waals surface area contributed by atoms with Crippen molar-refractivity contribution in [2.24, 2.45) is 0 Å². The SMILES string of the molecule is COc1cccc(/C=C2\C(=O)NC(=S)N(c3ccccc3C)C2=O)c1O[C@@H](C)C(=O)O. The third-order valence-electron chi connectivity index (χ3n) is 4.63. The van der Waals surface area contributed by atoms with E-state index in [0.29, 0.717) is 11.3 Å². The van der Waals surface area contributed by atoms with E-state index in [0.717, 1.165) is 5.56 Å². The molecule has 0 spiro atoms. The van der Waals surface area contributed by atoms with Crippen LogP contribution in [0.1, 0.15) is 18.1 Å². The van der Waals surface area contributed by atoms with Crippen LogP contribution in [0.5, 0.6) is 11.5 Å². The number of carbonyl (C=O) groups excluding carboxylic acids is 2. The molecule has 2 aromatic rings.